The van der Waals surface area contributed by atoms with Gasteiger partial charge in [-0.05, 0) is 24.4 Å². The average molecular weight is 276 g/mol. The predicted octanol–water partition coefficient (Wildman–Crippen LogP) is 2.70. The van der Waals surface area contributed by atoms with E-state index in [1.54, 1.807) is 0 Å². The fourth-order valence-electron chi connectivity index (χ4n) is 3.02. The molecule has 1 aliphatic heterocycles. The standard InChI is InChI=1S/C17H28N2O/c1-3-18-17(16-8-5-4-6-9-16)15(2)14-19-10-7-12-20-13-11-19/h4-6,8-9,15,17-18H,3,7,10-14H2,1-2H3. The number of ether oxygens (including phenoxy) is 1. The van der Waals surface area contributed by atoms with Gasteiger partial charge >= 0.3 is 0 Å². The Morgan fingerprint density at radius 1 is 1.20 bits per heavy atom. The number of nitrogens with one attached hydrogen (secondary N) is 1. The molecule has 0 amide bonds. The summed E-state index contributed by atoms with van der Waals surface area (Å²) in [6.07, 6.45) is 1.16. The Bertz CT molecular complexity index is 361. The van der Waals surface area contributed by atoms with Crippen LogP contribution in [-0.2, 0) is 4.74 Å². The number of hydrogen-bond donors (Lipinski definition) is 1. The lowest BCUT2D eigenvalue weighted by molar-refractivity contribution is 0.136. The van der Waals surface area contributed by atoms with Gasteiger partial charge in [-0.1, -0.05) is 44.2 Å². The van der Waals surface area contributed by atoms with Crippen molar-refractivity contribution < 1.29 is 4.74 Å². The Morgan fingerprint density at radius 2 is 2.00 bits per heavy atom. The Morgan fingerprint density at radius 3 is 2.75 bits per heavy atom. The first-order chi connectivity index (χ1) is 9.81. The second-order valence-electron chi connectivity index (χ2n) is 5.69. The molecule has 0 radical (unpaired) electrons. The first kappa shape index (κ1) is 15.5. The summed E-state index contributed by atoms with van der Waals surface area (Å²) in [7, 11) is 0. The fraction of sp³-hybridized carbons (Fsp3) is 0.647. The number of nitrogens with zero attached hydrogens (tertiary/aromatic N) is 1. The molecule has 1 N–H and O–H groups in total. The van der Waals surface area contributed by atoms with Crippen LogP contribution >= 0.6 is 0 Å². The highest BCUT2D eigenvalue weighted by Crippen LogP contribution is 2.23. The van der Waals surface area contributed by atoms with Crippen molar-refractivity contribution in [2.24, 2.45) is 5.92 Å². The Kier molecular flexibility index (Phi) is 6.51. The summed E-state index contributed by atoms with van der Waals surface area (Å²) < 4.78 is 5.54. The van der Waals surface area contributed by atoms with Gasteiger partial charge in [0.2, 0.25) is 0 Å². The normalized spacial score (nSPS) is 20.3. The molecule has 1 aromatic carbocycles. The van der Waals surface area contributed by atoms with E-state index >= 15 is 0 Å². The van der Waals surface area contributed by atoms with E-state index in [1.807, 2.05) is 0 Å². The zero-order chi connectivity index (χ0) is 14.2. The van der Waals surface area contributed by atoms with E-state index in [-0.39, 0.29) is 0 Å². The predicted molar refractivity (Wildman–Crippen MR) is 83.9 cm³/mol. The molecule has 2 atom stereocenters. The molecule has 0 aliphatic carbocycles. The lowest BCUT2D eigenvalue weighted by Gasteiger charge is -2.30. The molecule has 0 spiro atoms. The molecule has 1 saturated heterocycles. The molecule has 20 heavy (non-hydrogen) atoms. The summed E-state index contributed by atoms with van der Waals surface area (Å²) in [6.45, 7) is 10.7. The largest absolute Gasteiger partial charge is 0.380 e. The number of benzene rings is 1. The van der Waals surface area contributed by atoms with Crippen molar-refractivity contribution in [1.82, 2.24) is 10.2 Å². The van der Waals surface area contributed by atoms with Crippen LogP contribution in [-0.4, -0.2) is 44.3 Å². The first-order valence-electron chi connectivity index (χ1n) is 7.89. The molecule has 1 aliphatic rings. The van der Waals surface area contributed by atoms with Gasteiger partial charge < -0.3 is 15.0 Å². The van der Waals surface area contributed by atoms with Crippen molar-refractivity contribution in [1.29, 1.82) is 0 Å². The van der Waals surface area contributed by atoms with Crippen LogP contribution in [0.1, 0.15) is 31.9 Å². The number of hydrogen-bond acceptors (Lipinski definition) is 3. The minimum atomic E-state index is 0.436. The van der Waals surface area contributed by atoms with Crippen LogP contribution < -0.4 is 5.32 Å². The van der Waals surface area contributed by atoms with Crippen molar-refractivity contribution >= 4 is 0 Å². The van der Waals surface area contributed by atoms with Crippen molar-refractivity contribution in [2.45, 2.75) is 26.3 Å². The summed E-state index contributed by atoms with van der Waals surface area (Å²) in [6, 6.07) is 11.2. The van der Waals surface area contributed by atoms with Crippen molar-refractivity contribution in [2.75, 3.05) is 39.4 Å². The van der Waals surface area contributed by atoms with Gasteiger partial charge in [-0.3, -0.25) is 0 Å². The molecule has 3 heteroatoms. The van der Waals surface area contributed by atoms with E-state index in [2.05, 4.69) is 54.4 Å². The minimum absolute atomic E-state index is 0.436. The number of rotatable bonds is 6. The van der Waals surface area contributed by atoms with Gasteiger partial charge in [0, 0.05) is 32.3 Å². The lowest BCUT2D eigenvalue weighted by atomic mass is 9.94. The second-order valence-corrected chi connectivity index (χ2v) is 5.69. The van der Waals surface area contributed by atoms with Gasteiger partial charge in [0.25, 0.3) is 0 Å². The maximum atomic E-state index is 5.54. The maximum Gasteiger partial charge on any atom is 0.0593 e. The molecule has 0 saturated carbocycles. The van der Waals surface area contributed by atoms with Crippen LogP contribution in [0.2, 0.25) is 0 Å². The molecule has 1 aromatic rings. The Hall–Kier alpha value is -0.900. The van der Waals surface area contributed by atoms with Crippen LogP contribution in [0.25, 0.3) is 0 Å². The minimum Gasteiger partial charge on any atom is -0.380 e. The molecule has 2 rings (SSSR count). The quantitative estimate of drug-likeness (QED) is 0.864. The van der Waals surface area contributed by atoms with Gasteiger partial charge in [0.05, 0.1) is 6.61 Å². The molecule has 0 aromatic heterocycles. The topological polar surface area (TPSA) is 24.5 Å². The second kappa shape index (κ2) is 8.40. The third kappa shape index (κ3) is 4.58. The summed E-state index contributed by atoms with van der Waals surface area (Å²) >= 11 is 0. The Balaban J connectivity index is 1.97. The van der Waals surface area contributed by atoms with E-state index in [9.17, 15) is 0 Å². The summed E-state index contributed by atoms with van der Waals surface area (Å²) in [5.41, 5.74) is 1.40. The zero-order valence-corrected chi connectivity index (χ0v) is 12.8. The van der Waals surface area contributed by atoms with Crippen LogP contribution in [0.4, 0.5) is 0 Å². The van der Waals surface area contributed by atoms with Crippen molar-refractivity contribution in [3.63, 3.8) is 0 Å². The molecule has 112 valence electrons. The van der Waals surface area contributed by atoms with Crippen LogP contribution in [0.15, 0.2) is 30.3 Å². The smallest absolute Gasteiger partial charge is 0.0593 e. The molecule has 0 bridgehead atoms. The monoisotopic (exact) mass is 276 g/mol. The molecular formula is C17H28N2O. The highest BCUT2D eigenvalue weighted by molar-refractivity contribution is 5.19. The molecule has 2 unspecified atom stereocenters. The van der Waals surface area contributed by atoms with Gasteiger partial charge in [0.15, 0.2) is 0 Å². The van der Waals surface area contributed by atoms with Gasteiger partial charge in [-0.15, -0.1) is 0 Å². The highest BCUT2D eigenvalue weighted by atomic mass is 16.5. The van der Waals surface area contributed by atoms with E-state index in [1.165, 1.54) is 5.56 Å². The van der Waals surface area contributed by atoms with Gasteiger partial charge in [0.1, 0.15) is 0 Å². The maximum absolute atomic E-state index is 5.54. The molecule has 3 nitrogen and oxygen atoms in total. The summed E-state index contributed by atoms with van der Waals surface area (Å²) in [5.74, 6) is 0.593. The van der Waals surface area contributed by atoms with Gasteiger partial charge in [-0.25, -0.2) is 0 Å². The van der Waals surface area contributed by atoms with Crippen LogP contribution in [0.3, 0.4) is 0 Å². The third-order valence-corrected chi connectivity index (χ3v) is 4.01. The van der Waals surface area contributed by atoms with Crippen LogP contribution in [0, 0.1) is 5.92 Å². The summed E-state index contributed by atoms with van der Waals surface area (Å²) in [4.78, 5) is 2.55. The molecular weight excluding hydrogens is 248 g/mol. The first-order valence-corrected chi connectivity index (χ1v) is 7.89. The van der Waals surface area contributed by atoms with Crippen LogP contribution in [0.5, 0.6) is 0 Å². The van der Waals surface area contributed by atoms with Gasteiger partial charge in [-0.2, -0.15) is 0 Å². The van der Waals surface area contributed by atoms with Crippen molar-refractivity contribution in [3.05, 3.63) is 35.9 Å². The molecule has 1 heterocycles. The van der Waals surface area contributed by atoms with E-state index in [0.29, 0.717) is 12.0 Å². The van der Waals surface area contributed by atoms with E-state index in [0.717, 1.165) is 45.8 Å². The van der Waals surface area contributed by atoms with E-state index in [4.69, 9.17) is 4.74 Å². The SMILES string of the molecule is CCNC(c1ccccc1)C(C)CN1CCCOCC1. The summed E-state index contributed by atoms with van der Waals surface area (Å²) in [5, 5.41) is 3.65. The Labute approximate surface area is 123 Å². The van der Waals surface area contributed by atoms with Crippen molar-refractivity contribution in [3.8, 4) is 0 Å². The third-order valence-electron chi connectivity index (χ3n) is 4.01. The fourth-order valence-corrected chi connectivity index (χ4v) is 3.02. The van der Waals surface area contributed by atoms with E-state index < -0.39 is 0 Å². The lowest BCUT2D eigenvalue weighted by Crippen LogP contribution is -2.37. The highest BCUT2D eigenvalue weighted by Gasteiger charge is 2.21. The molecule has 1 fully saturated rings. The zero-order valence-electron chi connectivity index (χ0n) is 12.8. The average Bonchev–Trinajstić information content (AvgIpc) is 2.74.